The van der Waals surface area contributed by atoms with Crippen molar-refractivity contribution >= 4 is 16.4 Å². The first-order valence-electron chi connectivity index (χ1n) is 4.32. The van der Waals surface area contributed by atoms with E-state index in [2.05, 4.69) is 9.82 Å². The van der Waals surface area contributed by atoms with E-state index in [4.69, 9.17) is 0 Å². The summed E-state index contributed by atoms with van der Waals surface area (Å²) in [5.74, 6) is 0. The topological polar surface area (TPSA) is 61.8 Å². The van der Waals surface area contributed by atoms with Crippen molar-refractivity contribution in [3.05, 3.63) is 35.9 Å². The summed E-state index contributed by atoms with van der Waals surface area (Å²) < 4.78 is 25.5. The Hall–Kier alpha value is -1.40. The average molecular weight is 227 g/mol. The zero-order valence-corrected chi connectivity index (χ0v) is 9.40. The van der Waals surface area contributed by atoms with Gasteiger partial charge in [-0.3, -0.25) is 0 Å². The van der Waals surface area contributed by atoms with Gasteiger partial charge in [0.1, 0.15) is 0 Å². The van der Waals surface area contributed by atoms with Gasteiger partial charge in [0.15, 0.2) is 0 Å². The Labute approximate surface area is 89.6 Å². The Morgan fingerprint density at radius 3 is 2.47 bits per heavy atom. The molecule has 0 fully saturated rings. The maximum Gasteiger partial charge on any atom is 0.315 e. The Morgan fingerprint density at radius 1 is 1.33 bits per heavy atom. The molecule has 0 saturated carbocycles. The smallest absolute Gasteiger partial charge is 0.200 e. The summed E-state index contributed by atoms with van der Waals surface area (Å²) in [5.41, 5.74) is 0.843. The molecule has 0 unspecified atom stereocenters. The lowest BCUT2D eigenvalue weighted by Gasteiger charge is -2.11. The number of hydrazone groups is 1. The second-order valence-corrected chi connectivity index (χ2v) is 4.69. The lowest BCUT2D eigenvalue weighted by Crippen LogP contribution is -2.32. The highest BCUT2D eigenvalue weighted by Gasteiger charge is 2.10. The van der Waals surface area contributed by atoms with E-state index in [-0.39, 0.29) is 0 Å². The predicted molar refractivity (Wildman–Crippen MR) is 59.8 cm³/mol. The molecule has 1 aromatic rings. The number of nitrogens with zero attached hydrogens (tertiary/aromatic N) is 2. The lowest BCUT2D eigenvalue weighted by molar-refractivity contribution is 0.483. The third-order valence-corrected chi connectivity index (χ3v) is 3.08. The fraction of sp³-hybridized carbons (Fsp3) is 0.222. The van der Waals surface area contributed by atoms with Gasteiger partial charge >= 0.3 is 10.2 Å². The van der Waals surface area contributed by atoms with Crippen LogP contribution in [0.15, 0.2) is 35.4 Å². The van der Waals surface area contributed by atoms with Gasteiger partial charge in [-0.05, 0) is 5.56 Å². The first kappa shape index (κ1) is 11.7. The summed E-state index contributed by atoms with van der Waals surface area (Å²) >= 11 is 0. The third kappa shape index (κ3) is 3.34. The van der Waals surface area contributed by atoms with Crippen LogP contribution in [0.1, 0.15) is 5.56 Å². The first-order valence-corrected chi connectivity index (χ1v) is 5.76. The molecule has 0 amide bonds. The molecular formula is C9H13N3O2S. The average Bonchev–Trinajstić information content (AvgIpc) is 2.27. The van der Waals surface area contributed by atoms with E-state index in [1.165, 1.54) is 20.3 Å². The number of nitrogens with one attached hydrogen (secondary N) is 1. The van der Waals surface area contributed by atoms with Gasteiger partial charge in [0.05, 0.1) is 6.21 Å². The molecule has 15 heavy (non-hydrogen) atoms. The van der Waals surface area contributed by atoms with Gasteiger partial charge in [-0.1, -0.05) is 30.3 Å². The van der Waals surface area contributed by atoms with Gasteiger partial charge in [-0.15, -0.1) is 0 Å². The van der Waals surface area contributed by atoms with Crippen molar-refractivity contribution in [1.29, 1.82) is 0 Å². The normalized spacial score (nSPS) is 11.9. The van der Waals surface area contributed by atoms with Crippen molar-refractivity contribution in [2.75, 3.05) is 14.1 Å². The molecule has 1 N–H and O–H groups in total. The highest BCUT2D eigenvalue weighted by atomic mass is 32.2. The molecule has 82 valence electrons. The molecule has 0 aromatic heterocycles. The summed E-state index contributed by atoms with van der Waals surface area (Å²) in [4.78, 5) is 0. The molecule has 0 aliphatic rings. The molecule has 0 heterocycles. The molecule has 0 spiro atoms. The standard InChI is InChI=1S/C9H13N3O2S/c1-10-15(13,14)12(2)11-8-9-6-4-3-5-7-9/h3-8,10H,1-2H3/b11-8+. The first-order chi connectivity index (χ1) is 7.06. The van der Waals surface area contributed by atoms with Gasteiger partial charge in [-0.2, -0.15) is 22.7 Å². The van der Waals surface area contributed by atoms with Gasteiger partial charge < -0.3 is 0 Å². The van der Waals surface area contributed by atoms with Gasteiger partial charge in [0, 0.05) is 14.1 Å². The van der Waals surface area contributed by atoms with Crippen LogP contribution >= 0.6 is 0 Å². The van der Waals surface area contributed by atoms with Crippen molar-refractivity contribution < 1.29 is 8.42 Å². The summed E-state index contributed by atoms with van der Waals surface area (Å²) in [5, 5.41) is 3.79. The van der Waals surface area contributed by atoms with Crippen LogP contribution in [-0.2, 0) is 10.2 Å². The number of benzene rings is 1. The Balaban J connectivity index is 2.75. The number of hydrogen-bond donors (Lipinski definition) is 1. The van der Waals surface area contributed by atoms with E-state index in [0.29, 0.717) is 0 Å². The minimum absolute atomic E-state index is 0.843. The fourth-order valence-corrected chi connectivity index (χ4v) is 1.32. The number of hydrogen-bond acceptors (Lipinski definition) is 3. The highest BCUT2D eigenvalue weighted by Crippen LogP contribution is 1.97. The molecule has 1 rings (SSSR count). The van der Waals surface area contributed by atoms with Crippen LogP contribution < -0.4 is 4.72 Å². The molecule has 0 aliphatic heterocycles. The van der Waals surface area contributed by atoms with E-state index in [1.807, 2.05) is 30.3 Å². The summed E-state index contributed by atoms with van der Waals surface area (Å²) in [7, 11) is -0.779. The SMILES string of the molecule is CNS(=O)(=O)N(C)/N=C/c1ccccc1. The zero-order chi connectivity index (χ0) is 11.3. The highest BCUT2D eigenvalue weighted by molar-refractivity contribution is 7.87. The van der Waals surface area contributed by atoms with Crippen molar-refractivity contribution in [2.45, 2.75) is 0 Å². The van der Waals surface area contributed by atoms with Crippen LogP contribution in [0.25, 0.3) is 0 Å². The van der Waals surface area contributed by atoms with E-state index >= 15 is 0 Å². The molecule has 0 bridgehead atoms. The fourth-order valence-electron chi connectivity index (χ4n) is 0.881. The lowest BCUT2D eigenvalue weighted by atomic mass is 10.2. The van der Waals surface area contributed by atoms with Crippen LogP contribution in [0, 0.1) is 0 Å². The molecule has 0 aliphatic carbocycles. The Morgan fingerprint density at radius 2 is 1.93 bits per heavy atom. The summed E-state index contributed by atoms with van der Waals surface area (Å²) in [6, 6.07) is 9.26. The van der Waals surface area contributed by atoms with E-state index in [9.17, 15) is 8.42 Å². The van der Waals surface area contributed by atoms with E-state index in [0.717, 1.165) is 9.98 Å². The van der Waals surface area contributed by atoms with Crippen LogP contribution in [-0.4, -0.2) is 33.1 Å². The molecule has 0 atom stereocenters. The third-order valence-electron chi connectivity index (χ3n) is 1.77. The van der Waals surface area contributed by atoms with E-state index in [1.54, 1.807) is 0 Å². The molecular weight excluding hydrogens is 214 g/mol. The molecule has 5 nitrogen and oxygen atoms in total. The van der Waals surface area contributed by atoms with Crippen LogP contribution in [0.2, 0.25) is 0 Å². The molecule has 6 heteroatoms. The monoisotopic (exact) mass is 227 g/mol. The van der Waals surface area contributed by atoms with Crippen LogP contribution in [0.4, 0.5) is 0 Å². The maximum atomic E-state index is 11.2. The van der Waals surface area contributed by atoms with Crippen molar-refractivity contribution in [2.24, 2.45) is 5.10 Å². The van der Waals surface area contributed by atoms with E-state index < -0.39 is 10.2 Å². The Kier molecular flexibility index (Phi) is 3.81. The largest absolute Gasteiger partial charge is 0.315 e. The van der Waals surface area contributed by atoms with Crippen molar-refractivity contribution in [3.8, 4) is 0 Å². The van der Waals surface area contributed by atoms with Gasteiger partial charge in [-0.25, -0.2) is 0 Å². The van der Waals surface area contributed by atoms with Crippen LogP contribution in [0.3, 0.4) is 0 Å². The molecule has 1 aromatic carbocycles. The van der Waals surface area contributed by atoms with Crippen LogP contribution in [0.5, 0.6) is 0 Å². The minimum Gasteiger partial charge on any atom is -0.200 e. The minimum atomic E-state index is -3.48. The van der Waals surface area contributed by atoms with Gasteiger partial charge in [0.2, 0.25) is 0 Å². The quantitative estimate of drug-likeness (QED) is 0.598. The summed E-state index contributed by atoms with van der Waals surface area (Å²) in [6.45, 7) is 0. The predicted octanol–water partition coefficient (Wildman–Crippen LogP) is 0.416. The van der Waals surface area contributed by atoms with Gasteiger partial charge in [0.25, 0.3) is 0 Å². The van der Waals surface area contributed by atoms with Crippen molar-refractivity contribution in [1.82, 2.24) is 9.14 Å². The second kappa shape index (κ2) is 4.90. The second-order valence-electron chi connectivity index (χ2n) is 2.80. The molecule has 0 saturated heterocycles. The molecule has 0 radical (unpaired) electrons. The number of rotatable bonds is 4. The summed E-state index contributed by atoms with van der Waals surface area (Å²) in [6.07, 6.45) is 1.48. The zero-order valence-electron chi connectivity index (χ0n) is 8.58. The Bertz CT molecular complexity index is 428. The van der Waals surface area contributed by atoms with Crippen molar-refractivity contribution in [3.63, 3.8) is 0 Å². The maximum absolute atomic E-state index is 11.2.